The van der Waals surface area contributed by atoms with Crippen LogP contribution in [0.4, 0.5) is 5.69 Å². The monoisotopic (exact) mass is 302 g/mol. The second kappa shape index (κ2) is 6.60. The zero-order valence-corrected chi connectivity index (χ0v) is 12.8. The number of amides is 1. The summed E-state index contributed by atoms with van der Waals surface area (Å²) in [5.41, 5.74) is 1.37. The van der Waals surface area contributed by atoms with Crippen LogP contribution < -0.4 is 10.6 Å². The fourth-order valence-corrected chi connectivity index (χ4v) is 2.56. The Morgan fingerprint density at radius 3 is 2.79 bits per heavy atom. The van der Waals surface area contributed by atoms with Crippen molar-refractivity contribution in [3.05, 3.63) is 28.8 Å². The van der Waals surface area contributed by atoms with Gasteiger partial charge in [0.2, 0.25) is 5.91 Å². The topological polar surface area (TPSA) is 41.1 Å². The van der Waals surface area contributed by atoms with E-state index < -0.39 is 5.54 Å². The summed E-state index contributed by atoms with van der Waals surface area (Å²) in [7, 11) is 0. The van der Waals surface area contributed by atoms with Crippen LogP contribution in [0.1, 0.15) is 31.7 Å². The molecule has 1 aromatic carbocycles. The Hall–Kier alpha value is -0.770. The minimum absolute atomic E-state index is 0. The molecule has 3 nitrogen and oxygen atoms in total. The van der Waals surface area contributed by atoms with Crippen molar-refractivity contribution in [3.63, 3.8) is 0 Å². The Labute approximate surface area is 125 Å². The normalized spacial score (nSPS) is 21.8. The van der Waals surface area contributed by atoms with E-state index in [0.29, 0.717) is 5.02 Å². The van der Waals surface area contributed by atoms with Crippen LogP contribution in [-0.4, -0.2) is 18.0 Å². The lowest BCUT2D eigenvalue weighted by Crippen LogP contribution is -2.50. The van der Waals surface area contributed by atoms with Gasteiger partial charge in [0.1, 0.15) is 0 Å². The van der Waals surface area contributed by atoms with E-state index in [2.05, 4.69) is 10.6 Å². The van der Waals surface area contributed by atoms with E-state index in [9.17, 15) is 4.79 Å². The van der Waals surface area contributed by atoms with E-state index in [1.54, 1.807) is 6.07 Å². The van der Waals surface area contributed by atoms with Gasteiger partial charge in [-0.3, -0.25) is 4.79 Å². The fourth-order valence-electron chi connectivity index (χ4n) is 2.38. The number of aryl methyl sites for hydroxylation is 1. The molecule has 0 aliphatic carbocycles. The number of hydrogen-bond acceptors (Lipinski definition) is 2. The predicted molar refractivity (Wildman–Crippen MR) is 82.3 cm³/mol. The van der Waals surface area contributed by atoms with Crippen molar-refractivity contribution in [2.75, 3.05) is 11.9 Å². The number of nitrogens with one attached hydrogen (secondary N) is 2. The van der Waals surface area contributed by atoms with Crippen molar-refractivity contribution >= 4 is 35.6 Å². The fraction of sp³-hybridized carbons (Fsp3) is 0.500. The summed E-state index contributed by atoms with van der Waals surface area (Å²) in [5.74, 6) is 0.0439. The predicted octanol–water partition coefficient (Wildman–Crippen LogP) is 3.54. The van der Waals surface area contributed by atoms with E-state index in [1.165, 1.54) is 0 Å². The van der Waals surface area contributed by atoms with E-state index >= 15 is 0 Å². The molecule has 0 aromatic heterocycles. The Balaban J connectivity index is 0.00000180. The Morgan fingerprint density at radius 2 is 2.26 bits per heavy atom. The lowest BCUT2D eigenvalue weighted by atomic mass is 9.93. The van der Waals surface area contributed by atoms with E-state index in [1.807, 2.05) is 26.0 Å². The second-order valence-electron chi connectivity index (χ2n) is 4.88. The number of hydrogen-bond donors (Lipinski definition) is 2. The summed E-state index contributed by atoms with van der Waals surface area (Å²) >= 11 is 6.06. The third kappa shape index (κ3) is 3.41. The molecule has 2 rings (SSSR count). The van der Waals surface area contributed by atoms with Gasteiger partial charge in [0.15, 0.2) is 0 Å². The van der Waals surface area contributed by atoms with Crippen molar-refractivity contribution in [3.8, 4) is 0 Å². The van der Waals surface area contributed by atoms with Gasteiger partial charge in [-0.2, -0.15) is 0 Å². The molecule has 1 unspecified atom stereocenters. The lowest BCUT2D eigenvalue weighted by Gasteiger charge is -2.26. The first kappa shape index (κ1) is 16.3. The molecule has 1 aliphatic rings. The van der Waals surface area contributed by atoms with Crippen molar-refractivity contribution in [1.82, 2.24) is 5.32 Å². The van der Waals surface area contributed by atoms with Crippen molar-refractivity contribution in [2.45, 2.75) is 38.6 Å². The molecular formula is C14H20Cl2N2O. The molecule has 5 heteroatoms. The highest BCUT2D eigenvalue weighted by atomic mass is 35.5. The Morgan fingerprint density at radius 1 is 1.53 bits per heavy atom. The summed E-state index contributed by atoms with van der Waals surface area (Å²) in [6, 6.07) is 5.60. The Bertz CT molecular complexity index is 457. The van der Waals surface area contributed by atoms with E-state index in [4.69, 9.17) is 11.6 Å². The second-order valence-corrected chi connectivity index (χ2v) is 5.29. The maximum atomic E-state index is 12.3. The van der Waals surface area contributed by atoms with Crippen LogP contribution in [0.25, 0.3) is 0 Å². The SMILES string of the molecule is CCC1(C(=O)Nc2ccc(C)c(Cl)c2)CCCN1.Cl. The molecule has 0 spiro atoms. The van der Waals surface area contributed by atoms with Crippen molar-refractivity contribution < 1.29 is 4.79 Å². The summed E-state index contributed by atoms with van der Waals surface area (Å²) < 4.78 is 0. The molecule has 0 saturated carbocycles. The summed E-state index contributed by atoms with van der Waals surface area (Å²) in [6.07, 6.45) is 2.75. The molecule has 1 amide bonds. The molecule has 0 radical (unpaired) electrons. The molecule has 1 fully saturated rings. The lowest BCUT2D eigenvalue weighted by molar-refractivity contribution is -0.122. The van der Waals surface area contributed by atoms with Gasteiger partial charge in [-0.25, -0.2) is 0 Å². The number of benzene rings is 1. The van der Waals surface area contributed by atoms with Crippen molar-refractivity contribution in [2.24, 2.45) is 0 Å². The number of halogens is 2. The van der Waals surface area contributed by atoms with Crippen LogP contribution in [0.2, 0.25) is 5.02 Å². The average Bonchev–Trinajstić information content (AvgIpc) is 2.84. The van der Waals surface area contributed by atoms with E-state index in [0.717, 1.165) is 37.1 Å². The average molecular weight is 303 g/mol. The van der Waals surface area contributed by atoms with Gasteiger partial charge in [-0.1, -0.05) is 24.6 Å². The van der Waals surface area contributed by atoms with Crippen LogP contribution in [0.5, 0.6) is 0 Å². The number of carbonyl (C=O) groups excluding carboxylic acids is 1. The Kier molecular flexibility index (Phi) is 5.65. The van der Waals surface area contributed by atoms with Crippen LogP contribution in [0, 0.1) is 6.92 Å². The molecule has 106 valence electrons. The molecule has 1 aromatic rings. The zero-order valence-electron chi connectivity index (χ0n) is 11.3. The van der Waals surface area contributed by atoms with Gasteiger partial charge in [0.25, 0.3) is 0 Å². The highest BCUT2D eigenvalue weighted by Gasteiger charge is 2.38. The van der Waals surface area contributed by atoms with Gasteiger partial charge in [0.05, 0.1) is 5.54 Å². The quantitative estimate of drug-likeness (QED) is 0.896. The maximum Gasteiger partial charge on any atom is 0.244 e. The molecule has 1 aliphatic heterocycles. The number of rotatable bonds is 3. The minimum Gasteiger partial charge on any atom is -0.324 e. The van der Waals surface area contributed by atoms with Gasteiger partial charge in [-0.05, 0) is 50.4 Å². The summed E-state index contributed by atoms with van der Waals surface area (Å²) in [5, 5.41) is 6.96. The third-order valence-corrected chi connectivity index (χ3v) is 4.12. The van der Waals surface area contributed by atoms with E-state index in [-0.39, 0.29) is 18.3 Å². The summed E-state index contributed by atoms with van der Waals surface area (Å²) in [6.45, 7) is 4.90. The molecule has 1 atom stereocenters. The first-order valence-corrected chi connectivity index (χ1v) is 6.78. The van der Waals surface area contributed by atoms with Gasteiger partial charge in [-0.15, -0.1) is 12.4 Å². The van der Waals surface area contributed by atoms with Crippen LogP contribution in [0.15, 0.2) is 18.2 Å². The summed E-state index contributed by atoms with van der Waals surface area (Å²) in [4.78, 5) is 12.3. The number of carbonyl (C=O) groups is 1. The van der Waals surface area contributed by atoms with Gasteiger partial charge >= 0.3 is 0 Å². The smallest absolute Gasteiger partial charge is 0.244 e. The third-order valence-electron chi connectivity index (χ3n) is 3.71. The number of anilines is 1. The molecule has 1 heterocycles. The standard InChI is InChI=1S/C14H19ClN2O.ClH/c1-3-14(7-4-8-16-14)13(18)17-11-6-5-10(2)12(15)9-11;/h5-6,9,16H,3-4,7-8H2,1-2H3,(H,17,18);1H. The van der Waals surface area contributed by atoms with Crippen LogP contribution in [0.3, 0.4) is 0 Å². The van der Waals surface area contributed by atoms with Gasteiger partial charge in [0, 0.05) is 10.7 Å². The molecule has 19 heavy (non-hydrogen) atoms. The first-order chi connectivity index (χ1) is 8.57. The highest BCUT2D eigenvalue weighted by molar-refractivity contribution is 6.31. The molecular weight excluding hydrogens is 283 g/mol. The van der Waals surface area contributed by atoms with Crippen molar-refractivity contribution in [1.29, 1.82) is 0 Å². The van der Waals surface area contributed by atoms with Gasteiger partial charge < -0.3 is 10.6 Å². The molecule has 1 saturated heterocycles. The first-order valence-electron chi connectivity index (χ1n) is 6.40. The largest absolute Gasteiger partial charge is 0.324 e. The maximum absolute atomic E-state index is 12.3. The van der Waals surface area contributed by atoms with Crippen LogP contribution >= 0.6 is 24.0 Å². The zero-order chi connectivity index (χ0) is 13.2. The van der Waals surface area contributed by atoms with Crippen LogP contribution in [-0.2, 0) is 4.79 Å². The molecule has 0 bridgehead atoms. The minimum atomic E-state index is -0.405. The highest BCUT2D eigenvalue weighted by Crippen LogP contribution is 2.26. The molecule has 2 N–H and O–H groups in total.